The molecule has 0 aromatic heterocycles. The Morgan fingerprint density at radius 3 is 2.58 bits per heavy atom. The number of nitrogens with zero attached hydrogens (tertiary/aromatic N) is 1. The van der Waals surface area contributed by atoms with Crippen molar-refractivity contribution in [3.63, 3.8) is 0 Å². The molecule has 1 fully saturated rings. The lowest BCUT2D eigenvalue weighted by molar-refractivity contribution is -0.133. The number of benzene rings is 1. The van der Waals surface area contributed by atoms with Crippen LogP contribution in [0.25, 0.3) is 0 Å². The van der Waals surface area contributed by atoms with Crippen LogP contribution in [-0.4, -0.2) is 43.6 Å². The monoisotopic (exact) mass is 373 g/mol. The van der Waals surface area contributed by atoms with E-state index in [1.165, 1.54) is 0 Å². The SMILES string of the molecule is Cc1ccc(C(=O)CS(=O)(=O)CC2(C)C(=O)N(C)C3=CC=CCC32)cc1. The van der Waals surface area contributed by atoms with Gasteiger partial charge in [0.2, 0.25) is 5.91 Å². The van der Waals surface area contributed by atoms with E-state index in [4.69, 9.17) is 0 Å². The normalized spacial score (nSPS) is 25.2. The summed E-state index contributed by atoms with van der Waals surface area (Å²) in [5.74, 6) is -1.72. The summed E-state index contributed by atoms with van der Waals surface area (Å²) in [6, 6.07) is 6.83. The lowest BCUT2D eigenvalue weighted by Gasteiger charge is -2.28. The molecule has 5 nitrogen and oxygen atoms in total. The van der Waals surface area contributed by atoms with Gasteiger partial charge in [0.15, 0.2) is 15.6 Å². The average Bonchev–Trinajstić information content (AvgIpc) is 2.76. The van der Waals surface area contributed by atoms with Crippen molar-refractivity contribution in [1.82, 2.24) is 4.90 Å². The molecule has 2 unspecified atom stereocenters. The highest BCUT2D eigenvalue weighted by molar-refractivity contribution is 7.92. The molecular formula is C20H23NO4S. The standard InChI is InChI=1S/C20H23NO4S/c1-14-8-10-15(11-9-14)18(22)12-26(24,25)13-20(2)16-6-4-5-7-17(16)21(3)19(20)23/h4-5,7-11,16H,6,12-13H2,1-3H3. The van der Waals surface area contributed by atoms with E-state index >= 15 is 0 Å². The molecule has 1 heterocycles. The Labute approximate surface area is 154 Å². The van der Waals surface area contributed by atoms with Gasteiger partial charge in [0.1, 0.15) is 5.75 Å². The highest BCUT2D eigenvalue weighted by Crippen LogP contribution is 2.47. The smallest absolute Gasteiger partial charge is 0.234 e. The van der Waals surface area contributed by atoms with Crippen molar-refractivity contribution in [2.24, 2.45) is 11.3 Å². The fourth-order valence-electron chi connectivity index (χ4n) is 3.89. The van der Waals surface area contributed by atoms with Gasteiger partial charge in [-0.2, -0.15) is 0 Å². The van der Waals surface area contributed by atoms with Crippen LogP contribution in [0.4, 0.5) is 0 Å². The van der Waals surface area contributed by atoms with Gasteiger partial charge in [-0.3, -0.25) is 9.59 Å². The molecule has 1 amide bonds. The van der Waals surface area contributed by atoms with Crippen LogP contribution in [0, 0.1) is 18.3 Å². The fraction of sp³-hybridized carbons (Fsp3) is 0.400. The number of hydrogen-bond acceptors (Lipinski definition) is 4. The Morgan fingerprint density at radius 1 is 1.27 bits per heavy atom. The molecule has 1 saturated heterocycles. The summed E-state index contributed by atoms with van der Waals surface area (Å²) in [6.45, 7) is 3.60. The van der Waals surface area contributed by atoms with E-state index in [2.05, 4.69) is 0 Å². The molecule has 2 atom stereocenters. The van der Waals surface area contributed by atoms with E-state index in [1.807, 2.05) is 25.2 Å². The maximum atomic E-state index is 12.8. The zero-order valence-electron chi connectivity index (χ0n) is 15.2. The van der Waals surface area contributed by atoms with Gasteiger partial charge in [0.25, 0.3) is 0 Å². The maximum Gasteiger partial charge on any atom is 0.234 e. The number of fused-ring (bicyclic) bond motifs is 1. The average molecular weight is 373 g/mol. The largest absolute Gasteiger partial charge is 0.318 e. The second-order valence-electron chi connectivity index (χ2n) is 7.41. The highest BCUT2D eigenvalue weighted by Gasteiger charge is 2.54. The summed E-state index contributed by atoms with van der Waals surface area (Å²) in [4.78, 5) is 26.7. The van der Waals surface area contributed by atoms with Crippen LogP contribution in [0.2, 0.25) is 0 Å². The zero-order chi connectivity index (χ0) is 19.1. The van der Waals surface area contributed by atoms with Crippen molar-refractivity contribution in [2.45, 2.75) is 20.3 Å². The molecule has 0 saturated carbocycles. The molecular weight excluding hydrogens is 350 g/mol. The van der Waals surface area contributed by atoms with Gasteiger partial charge < -0.3 is 4.90 Å². The number of amides is 1. The summed E-state index contributed by atoms with van der Waals surface area (Å²) in [7, 11) is -2.06. The third kappa shape index (κ3) is 3.26. The van der Waals surface area contributed by atoms with Crippen LogP contribution in [0.15, 0.2) is 48.2 Å². The second kappa shape index (κ2) is 6.50. The Morgan fingerprint density at radius 2 is 1.92 bits per heavy atom. The molecule has 1 aliphatic heterocycles. The molecule has 6 heteroatoms. The molecule has 0 radical (unpaired) electrons. The first-order valence-corrected chi connectivity index (χ1v) is 10.4. The summed E-state index contributed by atoms with van der Waals surface area (Å²) in [5.41, 5.74) is 1.18. The molecule has 0 spiro atoms. The van der Waals surface area contributed by atoms with Crippen LogP contribution >= 0.6 is 0 Å². The van der Waals surface area contributed by atoms with Gasteiger partial charge in [-0.25, -0.2) is 8.42 Å². The molecule has 138 valence electrons. The van der Waals surface area contributed by atoms with Crippen molar-refractivity contribution < 1.29 is 18.0 Å². The number of likely N-dealkylation sites (tertiary alicyclic amines) is 1. The molecule has 0 bridgehead atoms. The number of rotatable bonds is 5. The van der Waals surface area contributed by atoms with Crippen LogP contribution < -0.4 is 0 Å². The van der Waals surface area contributed by atoms with Crippen molar-refractivity contribution in [1.29, 1.82) is 0 Å². The van der Waals surface area contributed by atoms with E-state index in [-0.39, 0.29) is 17.6 Å². The Balaban J connectivity index is 1.81. The van der Waals surface area contributed by atoms with E-state index < -0.39 is 26.8 Å². The van der Waals surface area contributed by atoms with E-state index in [0.717, 1.165) is 11.3 Å². The molecule has 1 aromatic rings. The van der Waals surface area contributed by atoms with E-state index in [1.54, 1.807) is 43.1 Å². The second-order valence-corrected chi connectivity index (χ2v) is 9.48. The van der Waals surface area contributed by atoms with E-state index in [9.17, 15) is 18.0 Å². The van der Waals surface area contributed by atoms with Crippen LogP contribution in [0.3, 0.4) is 0 Å². The number of allylic oxidation sites excluding steroid dienone is 4. The quantitative estimate of drug-likeness (QED) is 0.744. The third-order valence-corrected chi connectivity index (χ3v) is 7.07. The lowest BCUT2D eigenvalue weighted by Crippen LogP contribution is -2.40. The Hall–Kier alpha value is -2.21. The lowest BCUT2D eigenvalue weighted by atomic mass is 9.76. The number of carbonyl (C=O) groups excluding carboxylic acids is 2. The topological polar surface area (TPSA) is 71.5 Å². The molecule has 26 heavy (non-hydrogen) atoms. The minimum atomic E-state index is -3.74. The van der Waals surface area contributed by atoms with Crippen molar-refractivity contribution in [3.05, 3.63) is 59.3 Å². The van der Waals surface area contributed by atoms with Gasteiger partial charge in [-0.05, 0) is 26.3 Å². The number of hydrogen-bond donors (Lipinski definition) is 0. The maximum absolute atomic E-state index is 12.8. The van der Waals surface area contributed by atoms with Crippen LogP contribution in [0.5, 0.6) is 0 Å². The highest BCUT2D eigenvalue weighted by atomic mass is 32.2. The number of Topliss-reactive ketones (excluding diaryl/α,β-unsaturated/α-hetero) is 1. The van der Waals surface area contributed by atoms with Crippen molar-refractivity contribution in [3.8, 4) is 0 Å². The number of ketones is 1. The number of sulfone groups is 1. The first-order chi connectivity index (χ1) is 12.1. The van der Waals surface area contributed by atoms with Crippen LogP contribution in [0.1, 0.15) is 29.3 Å². The van der Waals surface area contributed by atoms with Crippen LogP contribution in [-0.2, 0) is 14.6 Å². The molecule has 1 aromatic carbocycles. The van der Waals surface area contributed by atoms with Crippen molar-refractivity contribution >= 4 is 21.5 Å². The third-order valence-electron chi connectivity index (χ3n) is 5.33. The first kappa shape index (κ1) is 18.6. The molecule has 0 N–H and O–H groups in total. The zero-order valence-corrected chi connectivity index (χ0v) is 16.0. The predicted molar refractivity (Wildman–Crippen MR) is 100 cm³/mol. The fourth-order valence-corrected chi connectivity index (χ4v) is 5.80. The molecule has 1 aliphatic carbocycles. The Kier molecular flexibility index (Phi) is 4.65. The summed E-state index contributed by atoms with van der Waals surface area (Å²) in [5, 5.41) is 0. The first-order valence-electron chi connectivity index (χ1n) is 8.59. The number of aryl methyl sites for hydroxylation is 1. The van der Waals surface area contributed by atoms with Gasteiger partial charge in [0, 0.05) is 24.2 Å². The minimum Gasteiger partial charge on any atom is -0.318 e. The van der Waals surface area contributed by atoms with Gasteiger partial charge in [0.05, 0.1) is 11.2 Å². The molecule has 3 rings (SSSR count). The Bertz CT molecular complexity index is 912. The molecule has 2 aliphatic rings. The van der Waals surface area contributed by atoms with Gasteiger partial charge >= 0.3 is 0 Å². The summed E-state index contributed by atoms with van der Waals surface area (Å²) >= 11 is 0. The van der Waals surface area contributed by atoms with Gasteiger partial charge in [-0.15, -0.1) is 0 Å². The van der Waals surface area contributed by atoms with Gasteiger partial charge in [-0.1, -0.05) is 42.0 Å². The summed E-state index contributed by atoms with van der Waals surface area (Å²) < 4.78 is 25.5. The number of carbonyl (C=O) groups is 2. The van der Waals surface area contributed by atoms with E-state index in [0.29, 0.717) is 12.0 Å². The minimum absolute atomic E-state index is 0.172. The summed E-state index contributed by atoms with van der Waals surface area (Å²) in [6.07, 6.45) is 6.32. The predicted octanol–water partition coefficient (Wildman–Crippen LogP) is 2.53. The van der Waals surface area contributed by atoms with Crippen molar-refractivity contribution in [2.75, 3.05) is 18.6 Å².